The maximum atomic E-state index is 12.4. The maximum Gasteiger partial charge on any atom is 0.319 e. The van der Waals surface area contributed by atoms with Crippen LogP contribution in [0.3, 0.4) is 0 Å². The number of aliphatic carboxylic acids is 1. The summed E-state index contributed by atoms with van der Waals surface area (Å²) in [4.78, 5) is 11.2. The van der Waals surface area contributed by atoms with E-state index < -0.39 is 22.0 Å². The lowest BCUT2D eigenvalue weighted by Crippen LogP contribution is -2.39. The molecule has 0 heterocycles. The van der Waals surface area contributed by atoms with Gasteiger partial charge in [0.15, 0.2) is 0 Å². The zero-order chi connectivity index (χ0) is 13.2. The highest BCUT2D eigenvalue weighted by Crippen LogP contribution is 2.33. The molecule has 3 nitrogen and oxygen atoms in total. The van der Waals surface area contributed by atoms with Crippen LogP contribution >= 0.6 is 0 Å². The van der Waals surface area contributed by atoms with Crippen molar-refractivity contribution in [1.82, 2.24) is 0 Å². The molecule has 0 aliphatic heterocycles. The Morgan fingerprint density at radius 3 is 2.24 bits per heavy atom. The van der Waals surface area contributed by atoms with E-state index >= 15 is 0 Å². The molecule has 0 bridgehead atoms. The van der Waals surface area contributed by atoms with Gasteiger partial charge in [-0.2, -0.15) is 0 Å². The number of carboxylic acids is 1. The van der Waals surface area contributed by atoms with Gasteiger partial charge in [0.2, 0.25) is 0 Å². The number of carboxylic acid groups (broad SMARTS) is 1. The molecule has 17 heavy (non-hydrogen) atoms. The van der Waals surface area contributed by atoms with E-state index in [1.807, 2.05) is 13.8 Å². The third-order valence-corrected chi connectivity index (χ3v) is 6.31. The molecule has 1 aliphatic carbocycles. The molecule has 0 aromatic heterocycles. The van der Waals surface area contributed by atoms with Gasteiger partial charge in [-0.25, -0.2) is 0 Å². The van der Waals surface area contributed by atoms with Crippen molar-refractivity contribution in [3.8, 4) is 0 Å². The Labute approximate surface area is 106 Å². The minimum absolute atomic E-state index is 0.0667. The molecular weight excluding hydrogens is 236 g/mol. The van der Waals surface area contributed by atoms with E-state index in [1.54, 1.807) is 0 Å². The molecule has 1 N–H and O–H groups in total. The SMILES string of the molecule is CC(C)C(C(=O)O)S(=O)C1CCC(C)C(C)C1. The smallest absolute Gasteiger partial charge is 0.319 e. The fraction of sp³-hybridized carbons (Fsp3) is 0.923. The topological polar surface area (TPSA) is 54.4 Å². The Morgan fingerprint density at radius 1 is 1.24 bits per heavy atom. The average molecular weight is 260 g/mol. The lowest BCUT2D eigenvalue weighted by Gasteiger charge is -2.33. The van der Waals surface area contributed by atoms with Crippen LogP contribution in [0.25, 0.3) is 0 Å². The number of hydrogen-bond acceptors (Lipinski definition) is 2. The average Bonchev–Trinajstić information content (AvgIpc) is 2.20. The Balaban J connectivity index is 2.72. The van der Waals surface area contributed by atoms with Gasteiger partial charge in [-0.1, -0.05) is 27.7 Å². The summed E-state index contributed by atoms with van der Waals surface area (Å²) in [7, 11) is -1.24. The molecule has 0 amide bonds. The van der Waals surface area contributed by atoms with Crippen LogP contribution in [0, 0.1) is 17.8 Å². The molecule has 4 heteroatoms. The Morgan fingerprint density at radius 2 is 1.82 bits per heavy atom. The van der Waals surface area contributed by atoms with E-state index in [1.165, 1.54) is 0 Å². The van der Waals surface area contributed by atoms with Crippen molar-refractivity contribution < 1.29 is 14.1 Å². The van der Waals surface area contributed by atoms with Gasteiger partial charge >= 0.3 is 5.97 Å². The zero-order valence-electron chi connectivity index (χ0n) is 11.2. The van der Waals surface area contributed by atoms with Crippen LogP contribution in [0.1, 0.15) is 47.0 Å². The molecule has 0 aromatic carbocycles. The first-order valence-corrected chi connectivity index (χ1v) is 7.74. The molecule has 1 aliphatic rings. The second-order valence-electron chi connectivity index (χ2n) is 5.72. The van der Waals surface area contributed by atoms with Crippen molar-refractivity contribution in [3.63, 3.8) is 0 Å². The summed E-state index contributed by atoms with van der Waals surface area (Å²) in [5.41, 5.74) is 0. The number of carbonyl (C=O) groups is 1. The molecule has 1 fully saturated rings. The largest absolute Gasteiger partial charge is 0.480 e. The van der Waals surface area contributed by atoms with Crippen LogP contribution in [0.5, 0.6) is 0 Å². The van der Waals surface area contributed by atoms with Crippen LogP contribution in [-0.2, 0) is 15.6 Å². The summed E-state index contributed by atoms with van der Waals surface area (Å²) >= 11 is 0. The molecule has 0 radical (unpaired) electrons. The third-order valence-electron chi connectivity index (χ3n) is 3.98. The summed E-state index contributed by atoms with van der Waals surface area (Å²) < 4.78 is 12.4. The Kier molecular flexibility index (Phi) is 5.17. The van der Waals surface area contributed by atoms with Gasteiger partial charge in [-0.3, -0.25) is 9.00 Å². The van der Waals surface area contributed by atoms with Gasteiger partial charge in [0.1, 0.15) is 5.25 Å². The molecule has 0 saturated heterocycles. The molecule has 0 aromatic rings. The third kappa shape index (κ3) is 3.54. The number of rotatable bonds is 4. The van der Waals surface area contributed by atoms with Crippen molar-refractivity contribution in [3.05, 3.63) is 0 Å². The van der Waals surface area contributed by atoms with Gasteiger partial charge in [0.05, 0.1) is 0 Å². The predicted octanol–water partition coefficient (Wildman–Crippen LogP) is 2.67. The monoisotopic (exact) mass is 260 g/mol. The van der Waals surface area contributed by atoms with Gasteiger partial charge < -0.3 is 5.11 Å². The minimum atomic E-state index is -1.24. The molecule has 1 saturated carbocycles. The van der Waals surface area contributed by atoms with Crippen molar-refractivity contribution in [2.45, 2.75) is 57.5 Å². The van der Waals surface area contributed by atoms with Gasteiger partial charge in [-0.05, 0) is 37.0 Å². The molecular formula is C13H24O3S. The highest BCUT2D eigenvalue weighted by atomic mass is 32.2. The molecule has 1 rings (SSSR count). The van der Waals surface area contributed by atoms with Gasteiger partial charge in [0, 0.05) is 16.0 Å². The van der Waals surface area contributed by atoms with E-state index in [9.17, 15) is 9.00 Å². The molecule has 5 unspecified atom stereocenters. The van der Waals surface area contributed by atoms with Crippen LogP contribution in [0.2, 0.25) is 0 Å². The van der Waals surface area contributed by atoms with Crippen LogP contribution in [0.4, 0.5) is 0 Å². The first kappa shape index (κ1) is 14.7. The highest BCUT2D eigenvalue weighted by molar-refractivity contribution is 7.87. The summed E-state index contributed by atoms with van der Waals surface area (Å²) in [5.74, 6) is 0.248. The maximum absolute atomic E-state index is 12.4. The van der Waals surface area contributed by atoms with Crippen molar-refractivity contribution >= 4 is 16.8 Å². The van der Waals surface area contributed by atoms with Crippen molar-refractivity contribution in [2.24, 2.45) is 17.8 Å². The van der Waals surface area contributed by atoms with E-state index in [-0.39, 0.29) is 11.2 Å². The molecule has 0 spiro atoms. The van der Waals surface area contributed by atoms with Crippen molar-refractivity contribution in [2.75, 3.05) is 0 Å². The number of hydrogen-bond donors (Lipinski definition) is 1. The molecule has 100 valence electrons. The lowest BCUT2D eigenvalue weighted by molar-refractivity contribution is -0.137. The van der Waals surface area contributed by atoms with Gasteiger partial charge in [0.25, 0.3) is 0 Å². The first-order valence-electron chi connectivity index (χ1n) is 6.46. The fourth-order valence-corrected chi connectivity index (χ4v) is 4.58. The van der Waals surface area contributed by atoms with E-state index in [2.05, 4.69) is 13.8 Å². The highest BCUT2D eigenvalue weighted by Gasteiger charge is 2.36. The standard InChI is InChI=1S/C13H24O3S/c1-8(2)12(13(14)15)17(16)11-6-5-9(3)10(4)7-11/h8-12H,5-7H2,1-4H3,(H,14,15). The zero-order valence-corrected chi connectivity index (χ0v) is 12.0. The van der Waals surface area contributed by atoms with E-state index in [0.29, 0.717) is 11.8 Å². The quantitative estimate of drug-likeness (QED) is 0.845. The van der Waals surface area contributed by atoms with E-state index in [4.69, 9.17) is 5.11 Å². The summed E-state index contributed by atoms with van der Waals surface area (Å²) in [5, 5.41) is 8.54. The minimum Gasteiger partial charge on any atom is -0.480 e. The van der Waals surface area contributed by atoms with Crippen LogP contribution in [-0.4, -0.2) is 25.8 Å². The lowest BCUT2D eigenvalue weighted by atomic mass is 9.81. The van der Waals surface area contributed by atoms with Gasteiger partial charge in [-0.15, -0.1) is 0 Å². The normalized spacial score (nSPS) is 33.4. The van der Waals surface area contributed by atoms with E-state index in [0.717, 1.165) is 19.3 Å². The molecule has 5 atom stereocenters. The predicted molar refractivity (Wildman–Crippen MR) is 70.4 cm³/mol. The van der Waals surface area contributed by atoms with Crippen LogP contribution < -0.4 is 0 Å². The summed E-state index contributed by atoms with van der Waals surface area (Å²) in [6.07, 6.45) is 2.89. The van der Waals surface area contributed by atoms with Crippen molar-refractivity contribution in [1.29, 1.82) is 0 Å². The second-order valence-corrected chi connectivity index (χ2v) is 7.55. The second kappa shape index (κ2) is 5.98. The summed E-state index contributed by atoms with van der Waals surface area (Å²) in [6, 6.07) is 0. The Hall–Kier alpha value is -0.380. The summed E-state index contributed by atoms with van der Waals surface area (Å²) in [6.45, 7) is 8.08. The first-order chi connectivity index (χ1) is 7.84. The van der Waals surface area contributed by atoms with Crippen LogP contribution in [0.15, 0.2) is 0 Å². The fourth-order valence-electron chi connectivity index (χ4n) is 2.57. The Bertz CT molecular complexity index is 301.